The second-order valence-electron chi connectivity index (χ2n) is 9.01. The Kier molecular flexibility index (Phi) is 5.91. The zero-order chi connectivity index (χ0) is 24.5. The fourth-order valence-electron chi connectivity index (χ4n) is 5.43. The first-order valence-electron chi connectivity index (χ1n) is 11.6. The van der Waals surface area contributed by atoms with Gasteiger partial charge in [0.1, 0.15) is 0 Å². The number of ketones is 1. The van der Waals surface area contributed by atoms with Crippen molar-refractivity contribution in [1.29, 1.82) is 0 Å². The van der Waals surface area contributed by atoms with E-state index < -0.39 is 17.8 Å². The van der Waals surface area contributed by atoms with E-state index in [1.807, 2.05) is 72.8 Å². The molecule has 2 aliphatic rings. The summed E-state index contributed by atoms with van der Waals surface area (Å²) in [4.78, 5) is 37.5. The van der Waals surface area contributed by atoms with E-state index in [0.717, 1.165) is 22.3 Å². The lowest BCUT2D eigenvalue weighted by atomic mass is 9.82. The van der Waals surface area contributed by atoms with Crippen molar-refractivity contribution in [3.8, 4) is 0 Å². The molecule has 0 saturated heterocycles. The van der Waals surface area contributed by atoms with Crippen molar-refractivity contribution in [2.24, 2.45) is 23.7 Å². The van der Waals surface area contributed by atoms with Crippen molar-refractivity contribution in [2.45, 2.75) is 6.92 Å². The Hall–Kier alpha value is -4.25. The molecule has 2 bridgehead atoms. The number of rotatable bonds is 6. The Balaban J connectivity index is 1.57. The number of carboxylic acids is 1. The maximum atomic E-state index is 13.5. The highest BCUT2D eigenvalue weighted by Crippen LogP contribution is 2.55. The zero-order valence-corrected chi connectivity index (χ0v) is 19.2. The quantitative estimate of drug-likeness (QED) is 0.375. The Morgan fingerprint density at radius 1 is 0.686 bits per heavy atom. The molecule has 3 aromatic carbocycles. The summed E-state index contributed by atoms with van der Waals surface area (Å²) < 4.78 is 0. The normalized spacial score (nSPS) is 22.1. The molecule has 0 heterocycles. The van der Waals surface area contributed by atoms with Gasteiger partial charge in [-0.05, 0) is 53.5 Å². The molecule has 2 aliphatic carbocycles. The first-order chi connectivity index (χ1) is 17.0. The fourth-order valence-corrected chi connectivity index (χ4v) is 5.43. The van der Waals surface area contributed by atoms with Crippen molar-refractivity contribution in [1.82, 2.24) is 0 Å². The SMILES string of the molecule is CC(=O)c1ccc(NC(=O)C2C3C=CC(C3=C(c3ccccc3)c3ccccc3)C2C(=O)O)cc1. The van der Waals surface area contributed by atoms with Crippen LogP contribution in [-0.4, -0.2) is 22.8 Å². The van der Waals surface area contributed by atoms with E-state index in [0.29, 0.717) is 11.3 Å². The maximum Gasteiger partial charge on any atom is 0.308 e. The van der Waals surface area contributed by atoms with Gasteiger partial charge in [0.05, 0.1) is 11.8 Å². The Bertz CT molecular complexity index is 1300. The lowest BCUT2D eigenvalue weighted by Gasteiger charge is -2.23. The third kappa shape index (κ3) is 4.10. The number of hydrogen-bond donors (Lipinski definition) is 2. The van der Waals surface area contributed by atoms with Crippen LogP contribution in [0.5, 0.6) is 0 Å². The molecule has 4 unspecified atom stereocenters. The molecule has 5 rings (SSSR count). The van der Waals surface area contributed by atoms with Crippen molar-refractivity contribution >= 4 is 28.9 Å². The number of Topliss-reactive ketones (excluding diaryl/α,β-unsaturated/α-hetero) is 1. The van der Waals surface area contributed by atoms with Crippen LogP contribution in [0, 0.1) is 23.7 Å². The molecule has 1 fully saturated rings. The third-order valence-corrected chi connectivity index (χ3v) is 6.97. The minimum atomic E-state index is -0.980. The van der Waals surface area contributed by atoms with Gasteiger partial charge in [-0.25, -0.2) is 0 Å². The predicted molar refractivity (Wildman–Crippen MR) is 135 cm³/mol. The molecular weight excluding hydrogens is 438 g/mol. The second kappa shape index (κ2) is 9.18. The smallest absolute Gasteiger partial charge is 0.308 e. The number of hydrogen-bond acceptors (Lipinski definition) is 3. The van der Waals surface area contributed by atoms with Gasteiger partial charge in [0.15, 0.2) is 5.78 Å². The summed E-state index contributed by atoms with van der Waals surface area (Å²) in [5.74, 6) is -3.67. The van der Waals surface area contributed by atoms with E-state index in [1.165, 1.54) is 6.92 Å². The molecule has 5 nitrogen and oxygen atoms in total. The summed E-state index contributed by atoms with van der Waals surface area (Å²) in [6.07, 6.45) is 3.92. The molecule has 0 radical (unpaired) electrons. The van der Waals surface area contributed by atoms with Gasteiger partial charge in [0.25, 0.3) is 0 Å². The summed E-state index contributed by atoms with van der Waals surface area (Å²) in [6, 6.07) is 26.5. The standard InChI is InChI=1S/C30H25NO4/c1-18(32)19-12-14-22(15-13-19)31-29(33)27-23-16-17-24(28(27)30(34)35)26(23)25(20-8-4-2-5-9-20)21-10-6-3-7-11-21/h2-17,23-24,27-28H,1H3,(H,31,33)(H,34,35). The summed E-state index contributed by atoms with van der Waals surface area (Å²) in [6.45, 7) is 1.48. The van der Waals surface area contributed by atoms with Gasteiger partial charge in [-0.15, -0.1) is 0 Å². The van der Waals surface area contributed by atoms with Crippen LogP contribution in [0.4, 0.5) is 5.69 Å². The molecule has 174 valence electrons. The van der Waals surface area contributed by atoms with Gasteiger partial charge >= 0.3 is 5.97 Å². The third-order valence-electron chi connectivity index (χ3n) is 6.97. The number of nitrogens with one attached hydrogen (secondary N) is 1. The van der Waals surface area contributed by atoms with Crippen LogP contribution in [0.3, 0.4) is 0 Å². The summed E-state index contributed by atoms with van der Waals surface area (Å²) >= 11 is 0. The molecule has 0 aliphatic heterocycles. The molecular formula is C30H25NO4. The Morgan fingerprint density at radius 2 is 1.20 bits per heavy atom. The first-order valence-corrected chi connectivity index (χ1v) is 11.6. The number of fused-ring (bicyclic) bond motifs is 2. The second-order valence-corrected chi connectivity index (χ2v) is 9.01. The maximum absolute atomic E-state index is 13.5. The van der Waals surface area contributed by atoms with Crippen LogP contribution in [0.1, 0.15) is 28.4 Å². The number of anilines is 1. The molecule has 1 amide bonds. The molecule has 4 atom stereocenters. The molecule has 0 spiro atoms. The van der Waals surface area contributed by atoms with Crippen LogP contribution in [0.15, 0.2) is 103 Å². The Morgan fingerprint density at radius 3 is 1.69 bits per heavy atom. The topological polar surface area (TPSA) is 83.5 Å². The number of allylic oxidation sites excluding steroid dienone is 3. The number of benzene rings is 3. The monoisotopic (exact) mass is 463 g/mol. The van der Waals surface area contributed by atoms with Crippen molar-refractivity contribution in [3.63, 3.8) is 0 Å². The number of aliphatic carboxylic acids is 1. The zero-order valence-electron chi connectivity index (χ0n) is 19.2. The minimum Gasteiger partial charge on any atom is -0.481 e. The van der Waals surface area contributed by atoms with Gasteiger partial charge in [-0.2, -0.15) is 0 Å². The van der Waals surface area contributed by atoms with Gasteiger partial charge in [-0.3, -0.25) is 14.4 Å². The number of carbonyl (C=O) groups excluding carboxylic acids is 2. The molecule has 0 aromatic heterocycles. The summed E-state index contributed by atoms with van der Waals surface area (Å²) in [5, 5.41) is 13.1. The van der Waals surface area contributed by atoms with Gasteiger partial charge in [0.2, 0.25) is 5.91 Å². The van der Waals surface area contributed by atoms with Crippen molar-refractivity contribution in [3.05, 3.63) is 119 Å². The van der Waals surface area contributed by atoms with E-state index >= 15 is 0 Å². The van der Waals surface area contributed by atoms with Crippen LogP contribution >= 0.6 is 0 Å². The predicted octanol–water partition coefficient (Wildman–Crippen LogP) is 5.46. The minimum absolute atomic E-state index is 0.0591. The van der Waals surface area contributed by atoms with E-state index in [-0.39, 0.29) is 23.5 Å². The molecule has 2 N–H and O–H groups in total. The number of carboxylic acid groups (broad SMARTS) is 1. The van der Waals surface area contributed by atoms with E-state index in [2.05, 4.69) is 5.32 Å². The van der Waals surface area contributed by atoms with Gasteiger partial charge < -0.3 is 10.4 Å². The average Bonchev–Trinajstić information content (AvgIpc) is 3.42. The van der Waals surface area contributed by atoms with Gasteiger partial charge in [-0.1, -0.05) is 72.8 Å². The lowest BCUT2D eigenvalue weighted by Crippen LogP contribution is -2.36. The van der Waals surface area contributed by atoms with Crippen LogP contribution < -0.4 is 5.32 Å². The lowest BCUT2D eigenvalue weighted by molar-refractivity contribution is -0.146. The molecule has 5 heteroatoms. The number of amides is 1. The van der Waals surface area contributed by atoms with E-state index in [4.69, 9.17) is 0 Å². The first kappa shape index (κ1) is 22.5. The Labute approximate surface area is 203 Å². The van der Waals surface area contributed by atoms with Crippen molar-refractivity contribution in [2.75, 3.05) is 5.32 Å². The van der Waals surface area contributed by atoms with E-state index in [9.17, 15) is 19.5 Å². The summed E-state index contributed by atoms with van der Waals surface area (Å²) in [5.41, 5.74) is 5.04. The summed E-state index contributed by atoms with van der Waals surface area (Å²) in [7, 11) is 0. The number of carbonyl (C=O) groups is 3. The van der Waals surface area contributed by atoms with E-state index in [1.54, 1.807) is 24.3 Å². The largest absolute Gasteiger partial charge is 0.481 e. The fraction of sp³-hybridized carbons (Fsp3) is 0.167. The highest BCUT2D eigenvalue weighted by molar-refractivity contribution is 5.99. The highest BCUT2D eigenvalue weighted by atomic mass is 16.4. The van der Waals surface area contributed by atoms with Gasteiger partial charge in [0, 0.05) is 23.1 Å². The average molecular weight is 464 g/mol. The molecule has 1 saturated carbocycles. The van der Waals surface area contributed by atoms with Crippen LogP contribution in [0.25, 0.3) is 5.57 Å². The molecule has 3 aromatic rings. The van der Waals surface area contributed by atoms with Crippen LogP contribution in [0.2, 0.25) is 0 Å². The highest BCUT2D eigenvalue weighted by Gasteiger charge is 2.55. The molecule has 35 heavy (non-hydrogen) atoms. The van der Waals surface area contributed by atoms with Crippen molar-refractivity contribution < 1.29 is 19.5 Å². The van der Waals surface area contributed by atoms with Crippen LogP contribution in [-0.2, 0) is 9.59 Å².